The van der Waals surface area contributed by atoms with Crippen molar-refractivity contribution in [2.75, 3.05) is 13.7 Å². The fourth-order valence-electron chi connectivity index (χ4n) is 4.68. The van der Waals surface area contributed by atoms with E-state index in [1.54, 1.807) is 53.7 Å². The van der Waals surface area contributed by atoms with Crippen LogP contribution in [0.3, 0.4) is 0 Å². The number of hydrogen-bond acceptors (Lipinski definition) is 8. The molecule has 6 atom stereocenters. The fourth-order valence-corrected chi connectivity index (χ4v) is 4.68. The summed E-state index contributed by atoms with van der Waals surface area (Å²) in [5, 5.41) is 13.7. The number of carbonyl (C=O) groups excluding carboxylic acids is 5. The van der Waals surface area contributed by atoms with E-state index in [9.17, 15) is 24.0 Å². The Morgan fingerprint density at radius 1 is 0.976 bits per heavy atom. The van der Waals surface area contributed by atoms with Gasteiger partial charge in [0, 0.05) is 6.54 Å². The number of carbonyl (C=O) groups is 5. The number of rotatable bonds is 8. The number of hydrogen-bond donors (Lipinski definition) is 5. The summed E-state index contributed by atoms with van der Waals surface area (Å²) in [7, 11) is 1.23. The van der Waals surface area contributed by atoms with Gasteiger partial charge < -0.3 is 40.8 Å². The second-order valence-corrected chi connectivity index (χ2v) is 11.9. The van der Waals surface area contributed by atoms with Crippen molar-refractivity contribution >= 4 is 29.7 Å². The highest BCUT2D eigenvalue weighted by molar-refractivity contribution is 5.93. The summed E-state index contributed by atoms with van der Waals surface area (Å²) in [4.78, 5) is 64.6. The number of amides is 5. The standard InChI is InChI=1S/C28H47N5O8/c1-14(2)18-21-22(41-28(7,8)40-21)25(36)29-13-11-10-12-17(23(34)31-18)30-24(35)19(15(3)4)32-27(38)33-20(16(5)6)26(37)39-9/h10,12,14-22H,11,13H2,1-9H3,(H,29,36)(H,30,35)(H,31,34)(H2,32,33,38)/t17-,18-,19-,20-,21+,22-/m0/s1. The van der Waals surface area contributed by atoms with Gasteiger partial charge in [0.25, 0.3) is 5.91 Å². The molecule has 232 valence electrons. The van der Waals surface area contributed by atoms with E-state index < -0.39 is 66.0 Å². The summed E-state index contributed by atoms with van der Waals surface area (Å²) < 4.78 is 16.7. The van der Waals surface area contributed by atoms with Gasteiger partial charge in [0.05, 0.1) is 13.2 Å². The first-order valence-electron chi connectivity index (χ1n) is 14.1. The minimum absolute atomic E-state index is 0.141. The molecule has 5 amide bonds. The lowest BCUT2D eigenvalue weighted by atomic mass is 9.93. The number of nitrogens with one attached hydrogen (secondary N) is 5. The fraction of sp³-hybridized carbons (Fsp3) is 0.750. The van der Waals surface area contributed by atoms with Crippen LogP contribution in [0, 0.1) is 17.8 Å². The average molecular weight is 582 g/mol. The Morgan fingerprint density at radius 3 is 2.15 bits per heavy atom. The molecule has 2 aliphatic rings. The predicted octanol–water partition coefficient (Wildman–Crippen LogP) is 0.730. The molecule has 0 aromatic carbocycles. The minimum Gasteiger partial charge on any atom is -0.467 e. The van der Waals surface area contributed by atoms with Crippen molar-refractivity contribution in [1.29, 1.82) is 0 Å². The molecule has 1 fully saturated rings. The summed E-state index contributed by atoms with van der Waals surface area (Å²) in [6.45, 7) is 14.5. The normalized spacial score (nSPS) is 26.1. The van der Waals surface area contributed by atoms with Gasteiger partial charge in [-0.15, -0.1) is 0 Å². The van der Waals surface area contributed by atoms with Gasteiger partial charge in [-0.05, 0) is 38.0 Å². The third kappa shape index (κ3) is 9.42. The van der Waals surface area contributed by atoms with Crippen LogP contribution in [0.5, 0.6) is 0 Å². The number of methoxy groups -OCH3 is 1. The van der Waals surface area contributed by atoms with Gasteiger partial charge in [-0.1, -0.05) is 53.7 Å². The monoisotopic (exact) mass is 581 g/mol. The Morgan fingerprint density at radius 2 is 1.59 bits per heavy atom. The molecule has 0 aromatic heterocycles. The lowest BCUT2D eigenvalue weighted by Gasteiger charge is -2.32. The zero-order valence-corrected chi connectivity index (χ0v) is 25.5. The molecular formula is C28H47N5O8. The second kappa shape index (κ2) is 14.6. The van der Waals surface area contributed by atoms with E-state index in [0.717, 1.165) is 0 Å². The molecule has 0 unspecified atom stereocenters. The topological polar surface area (TPSA) is 173 Å². The van der Waals surface area contributed by atoms with Crippen LogP contribution >= 0.6 is 0 Å². The van der Waals surface area contributed by atoms with Crippen molar-refractivity contribution in [3.63, 3.8) is 0 Å². The molecule has 0 spiro atoms. The number of fused-ring (bicyclic) bond motifs is 1. The zero-order chi connectivity index (χ0) is 31.1. The van der Waals surface area contributed by atoms with Gasteiger partial charge >= 0.3 is 12.0 Å². The summed E-state index contributed by atoms with van der Waals surface area (Å²) in [6.07, 6.45) is 1.96. The van der Waals surface area contributed by atoms with Crippen LogP contribution < -0.4 is 26.6 Å². The molecule has 2 heterocycles. The molecule has 2 rings (SSSR count). The van der Waals surface area contributed by atoms with Crippen molar-refractivity contribution in [3.8, 4) is 0 Å². The molecule has 0 bridgehead atoms. The van der Waals surface area contributed by atoms with Gasteiger partial charge in [-0.2, -0.15) is 0 Å². The lowest BCUT2D eigenvalue weighted by molar-refractivity contribution is -0.157. The highest BCUT2D eigenvalue weighted by Gasteiger charge is 2.50. The number of urea groups is 1. The first kappa shape index (κ1) is 34.0. The van der Waals surface area contributed by atoms with Crippen LogP contribution in [-0.2, 0) is 33.4 Å². The molecule has 5 N–H and O–H groups in total. The van der Waals surface area contributed by atoms with Gasteiger partial charge in [0.15, 0.2) is 11.9 Å². The SMILES string of the molecule is COC(=O)[C@@H](NC(=O)N[C@H](C(=O)N[C@H]1C=CCCNC(=O)[C@H]2OC(C)(C)O[C@@H]2[C@H](C(C)C)NC1=O)C(C)C)C(C)C. The van der Waals surface area contributed by atoms with Gasteiger partial charge in [0.2, 0.25) is 11.8 Å². The zero-order valence-electron chi connectivity index (χ0n) is 25.5. The maximum atomic E-state index is 13.5. The molecule has 0 aliphatic carbocycles. The largest absolute Gasteiger partial charge is 0.467 e. The first-order valence-corrected chi connectivity index (χ1v) is 14.1. The van der Waals surface area contributed by atoms with Crippen LogP contribution in [0.15, 0.2) is 12.2 Å². The maximum Gasteiger partial charge on any atom is 0.328 e. The Balaban J connectivity index is 2.25. The van der Waals surface area contributed by atoms with E-state index in [-0.39, 0.29) is 23.7 Å². The van der Waals surface area contributed by atoms with Crippen molar-refractivity contribution in [3.05, 3.63) is 12.2 Å². The number of esters is 1. The van der Waals surface area contributed by atoms with Gasteiger partial charge in [-0.3, -0.25) is 14.4 Å². The molecule has 41 heavy (non-hydrogen) atoms. The van der Waals surface area contributed by atoms with Crippen LogP contribution in [0.1, 0.15) is 61.8 Å². The lowest BCUT2D eigenvalue weighted by Crippen LogP contribution is -2.60. The second-order valence-electron chi connectivity index (χ2n) is 11.9. The maximum absolute atomic E-state index is 13.5. The summed E-state index contributed by atoms with van der Waals surface area (Å²) in [6, 6.07) is -4.32. The van der Waals surface area contributed by atoms with Crippen molar-refractivity contribution in [2.24, 2.45) is 17.8 Å². The highest BCUT2D eigenvalue weighted by atomic mass is 16.8. The van der Waals surface area contributed by atoms with E-state index >= 15 is 0 Å². The van der Waals surface area contributed by atoms with Crippen LogP contribution in [-0.4, -0.2) is 85.5 Å². The third-order valence-corrected chi connectivity index (χ3v) is 6.93. The molecule has 0 saturated carbocycles. The van der Waals surface area contributed by atoms with E-state index in [1.165, 1.54) is 7.11 Å². The first-order chi connectivity index (χ1) is 19.1. The van der Waals surface area contributed by atoms with Crippen molar-refractivity contribution < 1.29 is 38.2 Å². The van der Waals surface area contributed by atoms with Crippen LogP contribution in [0.4, 0.5) is 4.79 Å². The minimum atomic E-state index is -1.07. The van der Waals surface area contributed by atoms with Gasteiger partial charge in [0.1, 0.15) is 24.2 Å². The van der Waals surface area contributed by atoms with Gasteiger partial charge in [-0.25, -0.2) is 9.59 Å². The third-order valence-electron chi connectivity index (χ3n) is 6.93. The summed E-state index contributed by atoms with van der Waals surface area (Å²) in [5.41, 5.74) is 0. The summed E-state index contributed by atoms with van der Waals surface area (Å²) >= 11 is 0. The van der Waals surface area contributed by atoms with Crippen molar-refractivity contribution in [2.45, 2.75) is 104 Å². The van der Waals surface area contributed by atoms with Crippen LogP contribution in [0.25, 0.3) is 0 Å². The molecule has 13 nitrogen and oxygen atoms in total. The molecule has 0 radical (unpaired) electrons. The quantitative estimate of drug-likeness (QED) is 0.206. The van der Waals surface area contributed by atoms with Crippen LogP contribution in [0.2, 0.25) is 0 Å². The predicted molar refractivity (Wildman–Crippen MR) is 150 cm³/mol. The average Bonchev–Trinajstić information content (AvgIpc) is 3.20. The molecule has 1 saturated heterocycles. The summed E-state index contributed by atoms with van der Waals surface area (Å²) in [5.74, 6) is -3.78. The molecular weight excluding hydrogens is 534 g/mol. The Hall–Kier alpha value is -3.19. The molecule has 13 heteroatoms. The number of ether oxygens (including phenoxy) is 3. The Labute approximate surface area is 242 Å². The van der Waals surface area contributed by atoms with Crippen molar-refractivity contribution in [1.82, 2.24) is 26.6 Å². The molecule has 2 aliphatic heterocycles. The van der Waals surface area contributed by atoms with E-state index in [0.29, 0.717) is 13.0 Å². The van der Waals surface area contributed by atoms with E-state index in [1.807, 2.05) is 13.8 Å². The van der Waals surface area contributed by atoms with E-state index in [2.05, 4.69) is 26.6 Å². The Bertz CT molecular complexity index is 996. The highest BCUT2D eigenvalue weighted by Crippen LogP contribution is 2.32. The van der Waals surface area contributed by atoms with E-state index in [4.69, 9.17) is 14.2 Å². The Kier molecular flexibility index (Phi) is 12.1. The smallest absolute Gasteiger partial charge is 0.328 e. The molecule has 0 aromatic rings.